The molecule has 0 saturated carbocycles. The van der Waals surface area contributed by atoms with Crippen molar-refractivity contribution in [3.63, 3.8) is 0 Å². The van der Waals surface area contributed by atoms with Gasteiger partial charge in [-0.15, -0.1) is 0 Å². The van der Waals surface area contributed by atoms with Crippen LogP contribution in [0.4, 0.5) is 0 Å². The lowest BCUT2D eigenvalue weighted by Crippen LogP contribution is -2.28. The Kier molecular flexibility index (Phi) is 6.86. The zero-order chi connectivity index (χ0) is 13.5. The topological polar surface area (TPSA) is 44.5 Å². The van der Waals surface area contributed by atoms with Crippen LogP contribution in [0, 0.1) is 0 Å². The van der Waals surface area contributed by atoms with Crippen LogP contribution in [0.5, 0.6) is 0 Å². The molecule has 0 spiro atoms. The van der Waals surface area contributed by atoms with Crippen LogP contribution in [0.3, 0.4) is 0 Å². The molecule has 4 heteroatoms. The van der Waals surface area contributed by atoms with Crippen molar-refractivity contribution in [1.29, 1.82) is 0 Å². The van der Waals surface area contributed by atoms with Crippen molar-refractivity contribution < 1.29 is 9.47 Å². The van der Waals surface area contributed by atoms with Gasteiger partial charge in [-0.1, -0.05) is 28.1 Å². The molecule has 102 valence electrons. The van der Waals surface area contributed by atoms with Gasteiger partial charge in [-0.25, -0.2) is 0 Å². The molecule has 0 aliphatic heterocycles. The molecule has 18 heavy (non-hydrogen) atoms. The smallest absolute Gasteiger partial charge is 0.0974 e. The minimum atomic E-state index is -0.0988. The Labute approximate surface area is 118 Å². The van der Waals surface area contributed by atoms with Gasteiger partial charge in [0, 0.05) is 10.5 Å². The van der Waals surface area contributed by atoms with Crippen molar-refractivity contribution in [2.24, 2.45) is 5.73 Å². The molecule has 0 saturated heterocycles. The molecule has 1 rings (SSSR count). The molecule has 1 aromatic rings. The Balaban J connectivity index is 2.55. The molecule has 0 aliphatic carbocycles. The highest BCUT2D eigenvalue weighted by atomic mass is 79.9. The first kappa shape index (κ1) is 15.6. The van der Waals surface area contributed by atoms with Crippen molar-refractivity contribution in [1.82, 2.24) is 0 Å². The van der Waals surface area contributed by atoms with E-state index in [0.717, 1.165) is 10.0 Å². The molecule has 0 radical (unpaired) electrons. The van der Waals surface area contributed by atoms with E-state index in [2.05, 4.69) is 15.9 Å². The lowest BCUT2D eigenvalue weighted by molar-refractivity contribution is -0.0201. The minimum Gasteiger partial charge on any atom is -0.376 e. The highest BCUT2D eigenvalue weighted by molar-refractivity contribution is 9.10. The molecule has 0 aliphatic rings. The third-order valence-corrected chi connectivity index (χ3v) is 2.98. The minimum absolute atomic E-state index is 0.0571. The summed E-state index contributed by atoms with van der Waals surface area (Å²) < 4.78 is 12.3. The summed E-state index contributed by atoms with van der Waals surface area (Å²) in [7, 11) is 0. The summed E-state index contributed by atoms with van der Waals surface area (Å²) in [5.41, 5.74) is 7.07. The van der Waals surface area contributed by atoms with E-state index in [-0.39, 0.29) is 18.2 Å². The maximum absolute atomic E-state index is 5.98. The average Bonchev–Trinajstić information content (AvgIpc) is 2.27. The summed E-state index contributed by atoms with van der Waals surface area (Å²) in [6.07, 6.45) is 0.131. The fourth-order valence-corrected chi connectivity index (χ4v) is 2.11. The number of nitrogens with two attached hydrogens (primary N) is 1. The Morgan fingerprint density at radius 3 is 2.39 bits per heavy atom. The van der Waals surface area contributed by atoms with Gasteiger partial charge in [-0.3, -0.25) is 0 Å². The van der Waals surface area contributed by atoms with E-state index in [1.165, 1.54) is 0 Å². The summed E-state index contributed by atoms with van der Waals surface area (Å²) in [6, 6.07) is 7.99. The monoisotopic (exact) mass is 315 g/mol. The highest BCUT2D eigenvalue weighted by Crippen LogP contribution is 2.23. The number of rotatable bonds is 7. The van der Waals surface area contributed by atoms with Crippen LogP contribution in [0.25, 0.3) is 0 Å². The summed E-state index contributed by atoms with van der Waals surface area (Å²) in [5, 5.41) is 0. The normalized spacial score (nSPS) is 14.8. The maximum atomic E-state index is 5.98. The average molecular weight is 316 g/mol. The third kappa shape index (κ3) is 5.48. The SMILES string of the molecule is CC(C)OCCOC(c1cccc(Br)c1)C(C)N. The number of hydrogen-bond acceptors (Lipinski definition) is 3. The van der Waals surface area contributed by atoms with Gasteiger partial charge in [0.1, 0.15) is 0 Å². The van der Waals surface area contributed by atoms with Crippen LogP contribution in [0.1, 0.15) is 32.4 Å². The van der Waals surface area contributed by atoms with Crippen LogP contribution in [0.15, 0.2) is 28.7 Å². The first-order valence-electron chi connectivity index (χ1n) is 6.25. The summed E-state index contributed by atoms with van der Waals surface area (Å²) in [4.78, 5) is 0. The second kappa shape index (κ2) is 7.89. The van der Waals surface area contributed by atoms with Crippen LogP contribution in [-0.4, -0.2) is 25.4 Å². The second-order valence-electron chi connectivity index (χ2n) is 4.63. The zero-order valence-electron chi connectivity index (χ0n) is 11.2. The first-order valence-corrected chi connectivity index (χ1v) is 7.04. The van der Waals surface area contributed by atoms with Gasteiger partial charge in [0.25, 0.3) is 0 Å². The predicted molar refractivity (Wildman–Crippen MR) is 77.6 cm³/mol. The van der Waals surface area contributed by atoms with Gasteiger partial charge < -0.3 is 15.2 Å². The Morgan fingerprint density at radius 1 is 1.17 bits per heavy atom. The van der Waals surface area contributed by atoms with E-state index < -0.39 is 0 Å². The van der Waals surface area contributed by atoms with E-state index >= 15 is 0 Å². The molecule has 0 fully saturated rings. The van der Waals surface area contributed by atoms with Crippen LogP contribution >= 0.6 is 15.9 Å². The van der Waals surface area contributed by atoms with Gasteiger partial charge in [0.15, 0.2) is 0 Å². The van der Waals surface area contributed by atoms with Gasteiger partial charge in [0.05, 0.1) is 25.4 Å². The molecule has 2 unspecified atom stereocenters. The molecule has 0 bridgehead atoms. The van der Waals surface area contributed by atoms with E-state index in [9.17, 15) is 0 Å². The standard InChI is InChI=1S/C14H22BrNO2/c1-10(2)17-7-8-18-14(11(3)16)12-5-4-6-13(15)9-12/h4-6,9-11,14H,7-8,16H2,1-3H3. The van der Waals surface area contributed by atoms with Crippen LogP contribution in [0.2, 0.25) is 0 Å². The number of hydrogen-bond donors (Lipinski definition) is 1. The Morgan fingerprint density at radius 2 is 1.83 bits per heavy atom. The van der Waals surface area contributed by atoms with Gasteiger partial charge >= 0.3 is 0 Å². The molecule has 3 nitrogen and oxygen atoms in total. The molecule has 0 amide bonds. The molecule has 2 N–H and O–H groups in total. The zero-order valence-corrected chi connectivity index (χ0v) is 12.8. The predicted octanol–water partition coefficient (Wildman–Crippen LogP) is 3.28. The van der Waals surface area contributed by atoms with E-state index in [1.54, 1.807) is 0 Å². The fourth-order valence-electron chi connectivity index (χ4n) is 1.69. The van der Waals surface area contributed by atoms with Crippen molar-refractivity contribution in [3.05, 3.63) is 34.3 Å². The van der Waals surface area contributed by atoms with Gasteiger partial charge in [0.2, 0.25) is 0 Å². The number of halogens is 1. The lowest BCUT2D eigenvalue weighted by Gasteiger charge is -2.22. The number of benzene rings is 1. The third-order valence-electron chi connectivity index (χ3n) is 2.49. The molecule has 1 aromatic carbocycles. The summed E-state index contributed by atoms with van der Waals surface area (Å²) >= 11 is 3.46. The van der Waals surface area contributed by atoms with E-state index in [4.69, 9.17) is 15.2 Å². The molecule has 0 aromatic heterocycles. The highest BCUT2D eigenvalue weighted by Gasteiger charge is 2.17. The maximum Gasteiger partial charge on any atom is 0.0974 e. The van der Waals surface area contributed by atoms with E-state index in [1.807, 2.05) is 45.0 Å². The molecular formula is C14H22BrNO2. The molecule has 2 atom stereocenters. The molecular weight excluding hydrogens is 294 g/mol. The first-order chi connectivity index (χ1) is 8.50. The van der Waals surface area contributed by atoms with Crippen molar-refractivity contribution >= 4 is 15.9 Å². The fraction of sp³-hybridized carbons (Fsp3) is 0.571. The van der Waals surface area contributed by atoms with Crippen molar-refractivity contribution in [2.45, 2.75) is 39.0 Å². The van der Waals surface area contributed by atoms with Gasteiger partial charge in [-0.2, -0.15) is 0 Å². The Bertz CT molecular complexity index is 355. The van der Waals surface area contributed by atoms with Crippen LogP contribution < -0.4 is 5.73 Å². The second-order valence-corrected chi connectivity index (χ2v) is 5.54. The van der Waals surface area contributed by atoms with E-state index in [0.29, 0.717) is 13.2 Å². The van der Waals surface area contributed by atoms with Gasteiger partial charge in [-0.05, 0) is 38.5 Å². The largest absolute Gasteiger partial charge is 0.376 e. The Hall–Kier alpha value is -0.420. The summed E-state index contributed by atoms with van der Waals surface area (Å²) in [5.74, 6) is 0. The van der Waals surface area contributed by atoms with Crippen LogP contribution in [-0.2, 0) is 9.47 Å². The number of ether oxygens (including phenoxy) is 2. The lowest BCUT2D eigenvalue weighted by atomic mass is 10.0. The van der Waals surface area contributed by atoms with Crippen molar-refractivity contribution in [2.75, 3.05) is 13.2 Å². The summed E-state index contributed by atoms with van der Waals surface area (Å²) in [6.45, 7) is 7.12. The quantitative estimate of drug-likeness (QED) is 0.785. The molecule has 0 heterocycles. The van der Waals surface area contributed by atoms with Crippen molar-refractivity contribution in [3.8, 4) is 0 Å².